The molecule has 2 aromatic carbocycles. The summed E-state index contributed by atoms with van der Waals surface area (Å²) in [5.74, 6) is -0.264. The molecule has 3 rings (SSSR count). The molecular formula is C21H24BrClFNO2S. The van der Waals surface area contributed by atoms with Crippen LogP contribution in [0.4, 0.5) is 4.39 Å². The Labute approximate surface area is 181 Å². The first-order valence-electron chi connectivity index (χ1n) is 9.10. The summed E-state index contributed by atoms with van der Waals surface area (Å²) >= 11 is 9.59. The van der Waals surface area contributed by atoms with Crippen LogP contribution >= 0.6 is 27.5 Å². The van der Waals surface area contributed by atoms with Crippen molar-refractivity contribution in [2.75, 3.05) is 0 Å². The standard InChI is InChI=1S/C21H24BrClFNO2S/c1-12-17-16(11-15(24)19(23)18(17)22)27-21(12,14-9-7-6-8-10-14)13(2)25-28(26)20(3,4)5/h6-13,25H,1-5H3/t12-,13?,21+,28+/m0/s1. The third-order valence-corrected chi connectivity index (χ3v) is 8.33. The largest absolute Gasteiger partial charge is 0.480 e. The summed E-state index contributed by atoms with van der Waals surface area (Å²) in [5.41, 5.74) is 0.864. The van der Waals surface area contributed by atoms with E-state index in [9.17, 15) is 8.60 Å². The Morgan fingerprint density at radius 2 is 1.93 bits per heavy atom. The number of ether oxygens (including phenoxy) is 1. The molecule has 1 heterocycles. The molecule has 3 nitrogen and oxygen atoms in total. The van der Waals surface area contributed by atoms with Gasteiger partial charge in [-0.2, -0.15) is 0 Å². The van der Waals surface area contributed by atoms with Gasteiger partial charge < -0.3 is 4.74 Å². The average Bonchev–Trinajstić information content (AvgIpc) is 2.93. The summed E-state index contributed by atoms with van der Waals surface area (Å²) in [6.07, 6.45) is 0. The summed E-state index contributed by atoms with van der Waals surface area (Å²) in [6.45, 7) is 9.72. The third kappa shape index (κ3) is 3.53. The Bertz CT molecular complexity index is 919. The molecule has 0 aromatic heterocycles. The molecule has 1 aliphatic heterocycles. The minimum absolute atomic E-state index is 0.0388. The smallest absolute Gasteiger partial charge is 0.157 e. The van der Waals surface area contributed by atoms with E-state index in [0.29, 0.717) is 10.2 Å². The normalized spacial score (nSPS) is 23.8. The summed E-state index contributed by atoms with van der Waals surface area (Å²) in [7, 11) is -1.30. The summed E-state index contributed by atoms with van der Waals surface area (Å²) in [4.78, 5) is 0. The lowest BCUT2D eigenvalue weighted by Gasteiger charge is -2.40. The number of hydrogen-bond acceptors (Lipinski definition) is 2. The highest BCUT2D eigenvalue weighted by Crippen LogP contribution is 2.56. The molecule has 0 amide bonds. The SMILES string of the molecule is CC(N[S@](=O)C(C)(C)C)[C@]1(c2ccccc2)Oc2cc(F)c(Cl)c(Br)c2[C@@H]1C. The number of nitrogens with one attached hydrogen (secondary N) is 1. The van der Waals surface area contributed by atoms with E-state index >= 15 is 0 Å². The molecule has 0 aliphatic carbocycles. The molecule has 1 aliphatic rings. The maximum atomic E-state index is 14.3. The van der Waals surface area contributed by atoms with Gasteiger partial charge in [0.2, 0.25) is 0 Å². The first kappa shape index (κ1) is 21.8. The van der Waals surface area contributed by atoms with Crippen LogP contribution < -0.4 is 9.46 Å². The van der Waals surface area contributed by atoms with Gasteiger partial charge in [0, 0.05) is 22.0 Å². The Kier molecular flexibility index (Phi) is 5.99. The van der Waals surface area contributed by atoms with Gasteiger partial charge in [-0.3, -0.25) is 0 Å². The van der Waals surface area contributed by atoms with E-state index in [1.807, 2.05) is 65.0 Å². The van der Waals surface area contributed by atoms with Crippen LogP contribution in [0.15, 0.2) is 40.9 Å². The predicted molar refractivity (Wildman–Crippen MR) is 117 cm³/mol. The van der Waals surface area contributed by atoms with Crippen molar-refractivity contribution in [3.05, 3.63) is 62.8 Å². The molecular weight excluding hydrogens is 465 g/mol. The van der Waals surface area contributed by atoms with Crippen molar-refractivity contribution in [3.63, 3.8) is 0 Å². The molecule has 2 aromatic rings. The molecule has 0 bridgehead atoms. The molecule has 0 fully saturated rings. The number of benzene rings is 2. The average molecular weight is 489 g/mol. The first-order chi connectivity index (χ1) is 13.0. The molecule has 0 radical (unpaired) electrons. The van der Waals surface area contributed by atoms with Gasteiger partial charge in [-0.15, -0.1) is 0 Å². The van der Waals surface area contributed by atoms with Gasteiger partial charge in [0.25, 0.3) is 0 Å². The molecule has 0 saturated heterocycles. The van der Waals surface area contributed by atoms with Crippen LogP contribution in [0.5, 0.6) is 5.75 Å². The highest BCUT2D eigenvalue weighted by Gasteiger charge is 2.53. The van der Waals surface area contributed by atoms with Crippen LogP contribution in [0.2, 0.25) is 5.02 Å². The van der Waals surface area contributed by atoms with E-state index in [-0.39, 0.29) is 17.0 Å². The molecule has 152 valence electrons. The summed E-state index contributed by atoms with van der Waals surface area (Å²) in [6, 6.07) is 10.8. The summed E-state index contributed by atoms with van der Waals surface area (Å²) in [5, 5.41) is 0.0388. The fraction of sp³-hybridized carbons (Fsp3) is 0.429. The van der Waals surface area contributed by atoms with E-state index in [2.05, 4.69) is 20.7 Å². The lowest BCUT2D eigenvalue weighted by molar-refractivity contribution is 0.0414. The molecule has 1 unspecified atom stereocenters. The van der Waals surface area contributed by atoms with E-state index in [1.54, 1.807) is 0 Å². The third-order valence-electron chi connectivity index (χ3n) is 5.23. The second-order valence-corrected chi connectivity index (χ2v) is 11.3. The maximum Gasteiger partial charge on any atom is 0.157 e. The van der Waals surface area contributed by atoms with Crippen LogP contribution in [0.3, 0.4) is 0 Å². The first-order valence-corrected chi connectivity index (χ1v) is 11.4. The minimum atomic E-state index is -1.30. The highest BCUT2D eigenvalue weighted by molar-refractivity contribution is 9.10. The van der Waals surface area contributed by atoms with Gasteiger partial charge >= 0.3 is 0 Å². The Hall–Kier alpha value is -0.950. The highest BCUT2D eigenvalue weighted by atomic mass is 79.9. The predicted octanol–water partition coefficient (Wildman–Crippen LogP) is 6.07. The number of rotatable bonds is 4. The Morgan fingerprint density at radius 1 is 1.32 bits per heavy atom. The Morgan fingerprint density at radius 3 is 2.50 bits per heavy atom. The molecule has 0 saturated carbocycles. The van der Waals surface area contributed by atoms with Crippen molar-refractivity contribution in [2.24, 2.45) is 0 Å². The second-order valence-electron chi connectivity index (χ2n) is 8.10. The van der Waals surface area contributed by atoms with Crippen LogP contribution in [-0.4, -0.2) is 15.0 Å². The van der Waals surface area contributed by atoms with Gasteiger partial charge in [-0.1, -0.05) is 48.9 Å². The molecule has 7 heteroatoms. The molecule has 0 spiro atoms. The van der Waals surface area contributed by atoms with Crippen molar-refractivity contribution in [1.29, 1.82) is 0 Å². The van der Waals surface area contributed by atoms with E-state index in [0.717, 1.165) is 11.1 Å². The summed E-state index contributed by atoms with van der Waals surface area (Å²) < 4.78 is 36.8. The van der Waals surface area contributed by atoms with Crippen LogP contribution in [0.1, 0.15) is 51.7 Å². The quantitative estimate of drug-likeness (QED) is 0.530. The van der Waals surface area contributed by atoms with E-state index in [4.69, 9.17) is 16.3 Å². The minimum Gasteiger partial charge on any atom is -0.480 e. The molecule has 4 atom stereocenters. The van der Waals surface area contributed by atoms with E-state index < -0.39 is 27.2 Å². The fourth-order valence-corrected chi connectivity index (χ4v) is 5.44. The lowest BCUT2D eigenvalue weighted by atomic mass is 9.76. The number of halogens is 3. The topological polar surface area (TPSA) is 38.3 Å². The Balaban J connectivity index is 2.15. The van der Waals surface area contributed by atoms with E-state index in [1.165, 1.54) is 6.07 Å². The van der Waals surface area contributed by atoms with Gasteiger partial charge in [0.05, 0.1) is 26.8 Å². The maximum absolute atomic E-state index is 14.3. The van der Waals surface area contributed by atoms with Gasteiger partial charge in [-0.05, 0) is 49.2 Å². The van der Waals surface area contributed by atoms with Crippen molar-refractivity contribution in [3.8, 4) is 5.75 Å². The molecule has 28 heavy (non-hydrogen) atoms. The van der Waals surface area contributed by atoms with Gasteiger partial charge in [0.15, 0.2) is 5.60 Å². The zero-order valence-electron chi connectivity index (χ0n) is 16.5. The number of hydrogen-bond donors (Lipinski definition) is 1. The zero-order valence-corrected chi connectivity index (χ0v) is 19.6. The fourth-order valence-electron chi connectivity index (χ4n) is 3.71. The van der Waals surface area contributed by atoms with Crippen molar-refractivity contribution < 1.29 is 13.3 Å². The van der Waals surface area contributed by atoms with Crippen molar-refractivity contribution >= 4 is 38.5 Å². The monoisotopic (exact) mass is 487 g/mol. The number of fused-ring (bicyclic) bond motifs is 1. The second kappa shape index (κ2) is 7.71. The lowest BCUT2D eigenvalue weighted by Crippen LogP contribution is -2.54. The molecule has 1 N–H and O–H groups in total. The van der Waals surface area contributed by atoms with Gasteiger partial charge in [-0.25, -0.2) is 13.3 Å². The van der Waals surface area contributed by atoms with Crippen LogP contribution in [-0.2, 0) is 16.6 Å². The van der Waals surface area contributed by atoms with Crippen LogP contribution in [0.25, 0.3) is 0 Å². The van der Waals surface area contributed by atoms with Crippen molar-refractivity contribution in [1.82, 2.24) is 4.72 Å². The zero-order chi connectivity index (χ0) is 20.9. The van der Waals surface area contributed by atoms with Crippen molar-refractivity contribution in [2.45, 2.75) is 56.9 Å². The van der Waals surface area contributed by atoms with Gasteiger partial charge in [0.1, 0.15) is 11.6 Å². The van der Waals surface area contributed by atoms with Crippen LogP contribution in [0, 0.1) is 5.82 Å².